The van der Waals surface area contributed by atoms with Crippen LogP contribution >= 0.6 is 0 Å². The minimum absolute atomic E-state index is 0.0371. The summed E-state index contributed by atoms with van der Waals surface area (Å²) in [5, 5.41) is 3.65. The van der Waals surface area contributed by atoms with Crippen LogP contribution in [0.15, 0.2) is 30.3 Å². The monoisotopic (exact) mass is 407 g/mol. The van der Waals surface area contributed by atoms with Crippen molar-refractivity contribution in [1.29, 1.82) is 0 Å². The Kier molecular flexibility index (Phi) is 4.55. The van der Waals surface area contributed by atoms with Crippen LogP contribution in [-0.2, 0) is 10.2 Å². The second-order valence-electron chi connectivity index (χ2n) is 11.4. The molecule has 0 aromatic heterocycles. The molecule has 1 aromatic carbocycles. The lowest BCUT2D eigenvalue weighted by Gasteiger charge is -2.62. The molecule has 1 N–H and O–H groups in total. The van der Waals surface area contributed by atoms with Crippen LogP contribution in [0.25, 0.3) is 0 Å². The number of nitrogens with zero attached hydrogens (tertiary/aromatic N) is 2. The molecule has 0 spiro atoms. The predicted molar refractivity (Wildman–Crippen MR) is 119 cm³/mol. The van der Waals surface area contributed by atoms with Gasteiger partial charge in [0, 0.05) is 30.7 Å². The number of amides is 1. The van der Waals surface area contributed by atoms with Crippen molar-refractivity contribution in [3.63, 3.8) is 0 Å². The van der Waals surface area contributed by atoms with E-state index in [0.29, 0.717) is 24.0 Å². The zero-order valence-electron chi connectivity index (χ0n) is 18.5. The summed E-state index contributed by atoms with van der Waals surface area (Å²) in [4.78, 5) is 18.4. The van der Waals surface area contributed by atoms with Crippen molar-refractivity contribution >= 4 is 5.91 Å². The fourth-order valence-electron chi connectivity index (χ4n) is 8.66. The fourth-order valence-corrected chi connectivity index (χ4v) is 8.66. The van der Waals surface area contributed by atoms with Gasteiger partial charge in [-0.25, -0.2) is 0 Å². The lowest BCUT2D eigenvalue weighted by Crippen LogP contribution is -2.66. The number of nitrogens with one attached hydrogen (secondary N) is 1. The number of carbonyl (C=O) groups excluding carboxylic acids is 1. The molecule has 6 aliphatic rings. The average Bonchev–Trinajstić information content (AvgIpc) is 3.19. The normalized spacial score (nSPS) is 43.0. The Hall–Kier alpha value is -1.39. The van der Waals surface area contributed by atoms with Gasteiger partial charge in [0.15, 0.2) is 0 Å². The molecule has 0 radical (unpaired) electrons. The topological polar surface area (TPSA) is 35.6 Å². The summed E-state index contributed by atoms with van der Waals surface area (Å²) in [7, 11) is 0. The summed E-state index contributed by atoms with van der Waals surface area (Å²) in [6.45, 7) is 6.35. The maximum Gasteiger partial charge on any atom is 0.234 e. The molecular weight excluding hydrogens is 370 g/mol. The van der Waals surface area contributed by atoms with Crippen LogP contribution in [0.2, 0.25) is 0 Å². The van der Waals surface area contributed by atoms with Gasteiger partial charge in [0.1, 0.15) is 0 Å². The second kappa shape index (κ2) is 7.06. The van der Waals surface area contributed by atoms with Gasteiger partial charge in [0.2, 0.25) is 5.91 Å². The predicted octanol–water partition coefficient (Wildman–Crippen LogP) is 3.56. The van der Waals surface area contributed by atoms with Gasteiger partial charge in [0.25, 0.3) is 0 Å². The molecule has 2 aliphatic heterocycles. The number of hydrogen-bond donors (Lipinski definition) is 1. The largest absolute Gasteiger partial charge is 0.350 e. The Morgan fingerprint density at radius 2 is 1.83 bits per heavy atom. The number of piperazine rings is 1. The maximum absolute atomic E-state index is 13.3. The van der Waals surface area contributed by atoms with Crippen LogP contribution in [0.3, 0.4) is 0 Å². The molecule has 4 aliphatic carbocycles. The molecule has 4 nitrogen and oxygen atoms in total. The fraction of sp³-hybridized carbons (Fsp3) is 0.731. The van der Waals surface area contributed by atoms with E-state index >= 15 is 0 Å². The molecule has 2 saturated heterocycles. The minimum Gasteiger partial charge on any atom is -0.350 e. The van der Waals surface area contributed by atoms with Crippen LogP contribution in [0.5, 0.6) is 0 Å². The highest BCUT2D eigenvalue weighted by Crippen LogP contribution is 2.62. The van der Waals surface area contributed by atoms with Crippen LogP contribution < -0.4 is 5.32 Å². The lowest BCUT2D eigenvalue weighted by molar-refractivity contribution is -0.130. The highest BCUT2D eigenvalue weighted by atomic mass is 16.2. The molecule has 3 unspecified atom stereocenters. The first-order chi connectivity index (χ1) is 14.5. The van der Waals surface area contributed by atoms with Crippen molar-refractivity contribution in [3.05, 3.63) is 35.9 Å². The maximum atomic E-state index is 13.3. The van der Waals surface area contributed by atoms with Gasteiger partial charge in [-0.05, 0) is 87.6 Å². The summed E-state index contributed by atoms with van der Waals surface area (Å²) in [5.74, 6) is 1.85. The summed E-state index contributed by atoms with van der Waals surface area (Å²) in [5.41, 5.74) is 1.85. The summed E-state index contributed by atoms with van der Waals surface area (Å²) < 4.78 is 0. The Balaban J connectivity index is 1.18. The standard InChI is InChI=1S/C26H37N3O/c1-19-23-8-5-9-28(23)10-11-29(19)17-24(30)27-26-15-20-12-21(16-26)14-25(13-20,18-26)22-6-3-2-4-7-22/h2-4,6-7,19-21,23H,5,8-18H2,1H3,(H,27,30)/t19-,20-,21+,23?,25?,26?/m0/s1. The first-order valence-electron chi connectivity index (χ1n) is 12.4. The highest BCUT2D eigenvalue weighted by Gasteiger charge is 2.58. The number of carbonyl (C=O) groups is 1. The van der Waals surface area contributed by atoms with Gasteiger partial charge < -0.3 is 5.32 Å². The minimum atomic E-state index is 0.0371. The molecular formula is C26H37N3O. The smallest absolute Gasteiger partial charge is 0.234 e. The molecule has 2 heterocycles. The Labute approximate surface area is 181 Å². The molecule has 1 aromatic rings. The molecule has 4 saturated carbocycles. The number of hydrogen-bond acceptors (Lipinski definition) is 3. The van der Waals surface area contributed by atoms with Gasteiger partial charge in [-0.1, -0.05) is 30.3 Å². The van der Waals surface area contributed by atoms with Gasteiger partial charge in [-0.3, -0.25) is 14.6 Å². The molecule has 162 valence electrons. The van der Waals surface area contributed by atoms with E-state index in [9.17, 15) is 4.79 Å². The summed E-state index contributed by atoms with van der Waals surface area (Å²) in [6, 6.07) is 12.4. The second-order valence-corrected chi connectivity index (χ2v) is 11.4. The van der Waals surface area contributed by atoms with Crippen LogP contribution in [0, 0.1) is 11.8 Å². The van der Waals surface area contributed by atoms with Crippen LogP contribution in [0.4, 0.5) is 0 Å². The molecule has 6 fully saturated rings. The van der Waals surface area contributed by atoms with E-state index < -0.39 is 0 Å². The van der Waals surface area contributed by atoms with E-state index in [1.165, 1.54) is 57.1 Å². The third kappa shape index (κ3) is 3.14. The Morgan fingerprint density at radius 1 is 1.07 bits per heavy atom. The Morgan fingerprint density at radius 3 is 2.60 bits per heavy atom. The molecule has 4 bridgehead atoms. The Bertz CT molecular complexity index is 794. The van der Waals surface area contributed by atoms with Gasteiger partial charge >= 0.3 is 0 Å². The number of rotatable bonds is 4. The van der Waals surface area contributed by atoms with Crippen LogP contribution in [-0.4, -0.2) is 59.5 Å². The van der Waals surface area contributed by atoms with Crippen molar-refractivity contribution < 1.29 is 4.79 Å². The van der Waals surface area contributed by atoms with Crippen molar-refractivity contribution in [2.24, 2.45) is 11.8 Å². The molecule has 1 amide bonds. The van der Waals surface area contributed by atoms with Gasteiger partial charge in [-0.2, -0.15) is 0 Å². The van der Waals surface area contributed by atoms with Gasteiger partial charge in [-0.15, -0.1) is 0 Å². The summed E-state index contributed by atoms with van der Waals surface area (Å²) >= 11 is 0. The van der Waals surface area contributed by atoms with Crippen molar-refractivity contribution in [2.45, 2.75) is 81.3 Å². The molecule has 4 heteroatoms. The zero-order valence-corrected chi connectivity index (χ0v) is 18.5. The van der Waals surface area contributed by atoms with Crippen molar-refractivity contribution in [3.8, 4) is 0 Å². The summed E-state index contributed by atoms with van der Waals surface area (Å²) in [6.07, 6.45) is 10.2. The van der Waals surface area contributed by atoms with Gasteiger partial charge in [0.05, 0.1) is 6.54 Å². The first kappa shape index (κ1) is 19.3. The van der Waals surface area contributed by atoms with E-state index in [1.54, 1.807) is 0 Å². The third-order valence-electron chi connectivity index (χ3n) is 9.42. The van der Waals surface area contributed by atoms with Crippen molar-refractivity contribution in [1.82, 2.24) is 15.1 Å². The van der Waals surface area contributed by atoms with Crippen LogP contribution in [0.1, 0.15) is 63.9 Å². The number of benzene rings is 1. The highest BCUT2D eigenvalue weighted by molar-refractivity contribution is 5.79. The van der Waals surface area contributed by atoms with E-state index in [2.05, 4.69) is 52.4 Å². The van der Waals surface area contributed by atoms with E-state index in [-0.39, 0.29) is 11.4 Å². The lowest BCUT2D eigenvalue weighted by atomic mass is 9.45. The first-order valence-corrected chi connectivity index (χ1v) is 12.4. The van der Waals surface area contributed by atoms with E-state index in [4.69, 9.17) is 0 Å². The van der Waals surface area contributed by atoms with E-state index in [0.717, 1.165) is 31.3 Å². The number of fused-ring (bicyclic) bond motifs is 1. The SMILES string of the molecule is C[C@H]1C2CCCN2CCN1CC(=O)NC12C[C@H]3C[C@@H](C1)CC(c1ccccc1)(C3)C2. The van der Waals surface area contributed by atoms with Crippen molar-refractivity contribution in [2.75, 3.05) is 26.2 Å². The molecule has 7 rings (SSSR count). The molecule has 30 heavy (non-hydrogen) atoms. The average molecular weight is 408 g/mol. The zero-order chi connectivity index (χ0) is 20.3. The van der Waals surface area contributed by atoms with E-state index in [1.807, 2.05) is 0 Å². The third-order valence-corrected chi connectivity index (χ3v) is 9.42. The molecule has 6 atom stereocenters. The quantitative estimate of drug-likeness (QED) is 0.829.